The van der Waals surface area contributed by atoms with E-state index < -0.39 is 12.1 Å². The van der Waals surface area contributed by atoms with Crippen molar-refractivity contribution in [3.63, 3.8) is 0 Å². The van der Waals surface area contributed by atoms with Crippen molar-refractivity contribution in [3.8, 4) is 23.0 Å². The molecule has 0 radical (unpaired) electrons. The number of carboxylic acid groups (broad SMARTS) is 1. The number of rotatable bonds is 9. The van der Waals surface area contributed by atoms with Crippen LogP contribution in [0.2, 0.25) is 0 Å². The maximum absolute atomic E-state index is 12.3. The second-order valence-electron chi connectivity index (χ2n) is 12.1. The molecule has 1 amide bonds. The monoisotopic (exact) mass is 608 g/mol. The molecule has 0 bridgehead atoms. The van der Waals surface area contributed by atoms with Gasteiger partial charge in [0.15, 0.2) is 5.82 Å². The fourth-order valence-electron chi connectivity index (χ4n) is 7.20. The van der Waals surface area contributed by atoms with Crippen LogP contribution in [-0.4, -0.2) is 68.1 Å². The minimum Gasteiger partial charge on any atom is -0.480 e. The third-order valence-corrected chi connectivity index (χ3v) is 9.42. The van der Waals surface area contributed by atoms with Crippen molar-refractivity contribution in [2.45, 2.75) is 70.3 Å². The summed E-state index contributed by atoms with van der Waals surface area (Å²) >= 11 is 0. The van der Waals surface area contributed by atoms with Crippen molar-refractivity contribution >= 4 is 11.9 Å². The summed E-state index contributed by atoms with van der Waals surface area (Å²) in [5.74, 6) is 0.123. The van der Waals surface area contributed by atoms with Gasteiger partial charge in [-0.1, -0.05) is 49.4 Å². The molecule has 0 spiro atoms. The Morgan fingerprint density at radius 3 is 2.56 bits per heavy atom. The number of aromatic carboxylic acids is 1. The van der Waals surface area contributed by atoms with E-state index in [4.69, 9.17) is 9.72 Å². The Hall–Kier alpha value is -4.50. The number of aliphatic hydroxyl groups is 1. The van der Waals surface area contributed by atoms with E-state index in [1.165, 1.54) is 45.8 Å². The second-order valence-corrected chi connectivity index (χ2v) is 12.1. The number of amides is 1. The van der Waals surface area contributed by atoms with Gasteiger partial charge in [-0.15, -0.1) is 0 Å². The quantitative estimate of drug-likeness (QED) is 0.255. The molecule has 6 rings (SSSR count). The summed E-state index contributed by atoms with van der Waals surface area (Å²) in [5.41, 5.74) is 8.66. The molecule has 1 unspecified atom stereocenters. The first-order chi connectivity index (χ1) is 21.8. The molecule has 2 atom stereocenters. The lowest BCUT2D eigenvalue weighted by Gasteiger charge is -2.34. The van der Waals surface area contributed by atoms with Crippen LogP contribution in [0.4, 0.5) is 0 Å². The molecule has 45 heavy (non-hydrogen) atoms. The molecule has 1 aliphatic carbocycles. The molecular formula is C36H40N4O5. The lowest BCUT2D eigenvalue weighted by molar-refractivity contribution is -0.140. The number of ether oxygens (including phenoxy) is 1. The first-order valence-electron chi connectivity index (χ1n) is 15.8. The normalized spacial score (nSPS) is 17.2. The lowest BCUT2D eigenvalue weighted by atomic mass is 9.83. The van der Waals surface area contributed by atoms with Crippen LogP contribution in [0.5, 0.6) is 5.88 Å². The Morgan fingerprint density at radius 2 is 1.84 bits per heavy atom. The zero-order valence-electron chi connectivity index (χ0n) is 26.1. The Kier molecular flexibility index (Phi) is 8.72. The summed E-state index contributed by atoms with van der Waals surface area (Å²) in [7, 11) is 1.43. The summed E-state index contributed by atoms with van der Waals surface area (Å²) in [6.07, 6.45) is 6.15. The topological polar surface area (TPSA) is 118 Å². The van der Waals surface area contributed by atoms with E-state index in [-0.39, 0.29) is 17.4 Å². The van der Waals surface area contributed by atoms with E-state index >= 15 is 0 Å². The number of aryl methyl sites for hydroxylation is 2. The largest absolute Gasteiger partial charge is 0.480 e. The van der Waals surface area contributed by atoms with Gasteiger partial charge in [-0.25, -0.2) is 9.78 Å². The number of fused-ring (bicyclic) bond motifs is 1. The number of methoxy groups -OCH3 is 1. The molecule has 2 aliphatic rings. The number of piperidine rings is 1. The number of hydrogen-bond donors (Lipinski definition) is 2. The smallest absolute Gasteiger partial charge is 0.342 e. The highest BCUT2D eigenvalue weighted by Crippen LogP contribution is 2.42. The van der Waals surface area contributed by atoms with Gasteiger partial charge in [0.1, 0.15) is 11.7 Å². The van der Waals surface area contributed by atoms with Crippen molar-refractivity contribution in [2.75, 3.05) is 20.2 Å². The van der Waals surface area contributed by atoms with Crippen LogP contribution in [0, 0.1) is 0 Å². The zero-order valence-corrected chi connectivity index (χ0v) is 26.1. The van der Waals surface area contributed by atoms with Crippen molar-refractivity contribution in [2.24, 2.45) is 0 Å². The first kappa shape index (κ1) is 30.5. The maximum Gasteiger partial charge on any atom is 0.342 e. The number of aliphatic hydroxyl groups excluding tert-OH is 1. The van der Waals surface area contributed by atoms with Gasteiger partial charge in [0.05, 0.1) is 19.0 Å². The minimum atomic E-state index is -1.10. The van der Waals surface area contributed by atoms with Crippen LogP contribution in [0.1, 0.15) is 83.1 Å². The van der Waals surface area contributed by atoms with Crippen LogP contribution in [0.3, 0.4) is 0 Å². The van der Waals surface area contributed by atoms with Gasteiger partial charge in [-0.3, -0.25) is 4.79 Å². The predicted octanol–water partition coefficient (Wildman–Crippen LogP) is 5.56. The molecular weight excluding hydrogens is 568 g/mol. The van der Waals surface area contributed by atoms with E-state index in [2.05, 4.69) is 48.4 Å². The molecule has 1 aliphatic heterocycles. The minimum absolute atomic E-state index is 0.0141. The number of hydrogen-bond acceptors (Lipinski definition) is 6. The predicted molar refractivity (Wildman–Crippen MR) is 171 cm³/mol. The number of pyridine rings is 1. The molecule has 1 saturated heterocycles. The number of carboxylic acids is 1. The summed E-state index contributed by atoms with van der Waals surface area (Å²) in [6.45, 7) is 5.12. The highest BCUT2D eigenvalue weighted by Gasteiger charge is 2.29. The molecule has 3 heterocycles. The van der Waals surface area contributed by atoms with Crippen LogP contribution >= 0.6 is 0 Å². The number of benzene rings is 2. The lowest BCUT2D eigenvalue weighted by Crippen LogP contribution is -2.42. The van der Waals surface area contributed by atoms with Crippen molar-refractivity contribution in [1.29, 1.82) is 0 Å². The van der Waals surface area contributed by atoms with Crippen molar-refractivity contribution in [3.05, 3.63) is 94.2 Å². The van der Waals surface area contributed by atoms with Crippen molar-refractivity contribution in [1.82, 2.24) is 19.7 Å². The Morgan fingerprint density at radius 1 is 1.07 bits per heavy atom. The Bertz CT molecular complexity index is 1720. The molecule has 0 saturated carbocycles. The average Bonchev–Trinajstić information content (AvgIpc) is 3.69. The zero-order chi connectivity index (χ0) is 31.7. The summed E-state index contributed by atoms with van der Waals surface area (Å²) in [4.78, 5) is 30.6. The number of likely N-dealkylation sites (tertiary alicyclic amines) is 1. The van der Waals surface area contributed by atoms with E-state index in [0.29, 0.717) is 30.7 Å². The van der Waals surface area contributed by atoms with Crippen LogP contribution in [0.25, 0.3) is 17.1 Å². The van der Waals surface area contributed by atoms with Gasteiger partial charge in [0.25, 0.3) is 5.91 Å². The Labute approximate surface area is 263 Å². The number of nitrogens with zero attached hydrogens (tertiary/aromatic N) is 4. The van der Waals surface area contributed by atoms with E-state index in [0.717, 1.165) is 49.8 Å². The maximum atomic E-state index is 12.3. The third-order valence-electron chi connectivity index (χ3n) is 9.42. The fraction of sp³-hybridized carbons (Fsp3) is 0.389. The van der Waals surface area contributed by atoms with E-state index in [1.54, 1.807) is 17.9 Å². The Balaban J connectivity index is 1.24. The second kappa shape index (κ2) is 12.9. The van der Waals surface area contributed by atoms with Gasteiger partial charge in [-0.05, 0) is 97.2 Å². The van der Waals surface area contributed by atoms with Gasteiger partial charge in [0, 0.05) is 18.7 Å². The van der Waals surface area contributed by atoms with E-state index in [9.17, 15) is 19.8 Å². The van der Waals surface area contributed by atoms with Crippen LogP contribution in [-0.2, 0) is 24.1 Å². The molecule has 2 aromatic heterocycles. The third kappa shape index (κ3) is 5.96. The summed E-state index contributed by atoms with van der Waals surface area (Å²) < 4.78 is 6.81. The van der Waals surface area contributed by atoms with Crippen LogP contribution < -0.4 is 4.74 Å². The number of carbonyl (C=O) groups excluding carboxylic acids is 1. The van der Waals surface area contributed by atoms with Gasteiger partial charge in [0.2, 0.25) is 5.88 Å². The summed E-state index contributed by atoms with van der Waals surface area (Å²) in [5, 5.41) is 23.5. The SMILES string of the molecule is CCc1cc(CC2CCc3cccc(-c4cccc(-n5ncc(C(=O)O)c5OC)n4)c32)ccc1C1CCN(C(=O)[C@H](C)O)CC1. The molecule has 4 aromatic rings. The average molecular weight is 609 g/mol. The van der Waals surface area contributed by atoms with Crippen molar-refractivity contribution < 1.29 is 24.5 Å². The molecule has 234 valence electrons. The standard InChI is InChI=1S/C36H40N4O5/c1-4-24-19-23(11-14-28(24)25-15-17-39(18-16-25)34(42)22(2)41)20-27-13-12-26-7-5-8-29(33(26)27)31-9-6-10-32(38-31)40-35(45-3)30(21-37-40)36(43)44/h5-11,14,19,21-22,25,27,41H,4,12-13,15-18,20H2,1-3H3,(H,43,44)/t22-,27?/m0/s1. The molecule has 2 aromatic carbocycles. The highest BCUT2D eigenvalue weighted by molar-refractivity contribution is 5.90. The summed E-state index contributed by atoms with van der Waals surface area (Å²) in [6, 6.07) is 19.1. The van der Waals surface area contributed by atoms with E-state index in [1.807, 2.05) is 12.1 Å². The first-order valence-corrected chi connectivity index (χ1v) is 15.8. The van der Waals surface area contributed by atoms with Gasteiger partial charge in [-0.2, -0.15) is 9.78 Å². The molecule has 1 fully saturated rings. The number of carbonyl (C=O) groups is 2. The van der Waals surface area contributed by atoms with Crippen LogP contribution in [0.15, 0.2) is 60.8 Å². The van der Waals surface area contributed by atoms with Gasteiger partial charge >= 0.3 is 5.97 Å². The molecule has 9 nitrogen and oxygen atoms in total. The fourth-order valence-corrected chi connectivity index (χ4v) is 7.20. The van der Waals surface area contributed by atoms with Gasteiger partial charge < -0.3 is 19.8 Å². The molecule has 2 N–H and O–H groups in total. The number of aromatic nitrogens is 3. The highest BCUT2D eigenvalue weighted by atomic mass is 16.5. The molecule has 9 heteroatoms.